The summed E-state index contributed by atoms with van der Waals surface area (Å²) in [6.45, 7) is 4.32. The van der Waals surface area contributed by atoms with E-state index in [9.17, 15) is 13.6 Å². The molecule has 4 nitrogen and oxygen atoms in total. The van der Waals surface area contributed by atoms with Crippen LogP contribution in [0.2, 0.25) is 0 Å². The molecule has 0 radical (unpaired) electrons. The van der Waals surface area contributed by atoms with E-state index in [1.54, 1.807) is 32.8 Å². The molecule has 0 aromatic heterocycles. The van der Waals surface area contributed by atoms with Crippen molar-refractivity contribution in [2.75, 3.05) is 33.8 Å². The zero-order chi connectivity index (χ0) is 14.9. The van der Waals surface area contributed by atoms with Gasteiger partial charge in [-0.05, 0) is 53.8 Å². The first-order valence-electron chi connectivity index (χ1n) is 6.68. The van der Waals surface area contributed by atoms with Gasteiger partial charge < -0.3 is 15.0 Å². The molecule has 19 heavy (non-hydrogen) atoms. The second-order valence-corrected chi connectivity index (χ2v) is 4.91. The third kappa shape index (κ3) is 7.42. The second kappa shape index (κ2) is 9.20. The van der Waals surface area contributed by atoms with Gasteiger partial charge >= 0.3 is 5.97 Å². The highest BCUT2D eigenvalue weighted by Crippen LogP contribution is 2.15. The van der Waals surface area contributed by atoms with Crippen LogP contribution in [0.15, 0.2) is 0 Å². The van der Waals surface area contributed by atoms with Gasteiger partial charge in [0.05, 0.1) is 13.2 Å². The molecular weight excluding hydrogens is 254 g/mol. The van der Waals surface area contributed by atoms with Crippen LogP contribution in [-0.4, -0.2) is 56.6 Å². The van der Waals surface area contributed by atoms with Gasteiger partial charge in [-0.25, -0.2) is 8.78 Å². The minimum Gasteiger partial charge on any atom is -0.465 e. The van der Waals surface area contributed by atoms with Crippen molar-refractivity contribution in [3.05, 3.63) is 0 Å². The van der Waals surface area contributed by atoms with Crippen LogP contribution in [0.1, 0.15) is 33.1 Å². The van der Waals surface area contributed by atoms with Crippen LogP contribution in [0.5, 0.6) is 0 Å². The number of carbonyl (C=O) groups excluding carboxylic acids is 1. The minimum atomic E-state index is -2.30. The number of hydrogen-bond donors (Lipinski definition) is 1. The average molecular weight is 280 g/mol. The van der Waals surface area contributed by atoms with E-state index in [-0.39, 0.29) is 12.5 Å². The summed E-state index contributed by atoms with van der Waals surface area (Å²) in [7, 11) is 3.40. The van der Waals surface area contributed by atoms with Crippen LogP contribution in [0.25, 0.3) is 0 Å². The Kier molecular flexibility index (Phi) is 8.84. The van der Waals surface area contributed by atoms with Gasteiger partial charge in [-0.2, -0.15) is 0 Å². The fourth-order valence-electron chi connectivity index (χ4n) is 1.81. The average Bonchev–Trinajstić information content (AvgIpc) is 2.33. The molecule has 1 atom stereocenters. The Hall–Kier alpha value is -0.750. The molecule has 0 aromatic carbocycles. The van der Waals surface area contributed by atoms with Gasteiger partial charge in [0.25, 0.3) is 6.43 Å². The lowest BCUT2D eigenvalue weighted by Crippen LogP contribution is -2.48. The van der Waals surface area contributed by atoms with Crippen molar-refractivity contribution in [2.24, 2.45) is 0 Å². The fraction of sp³-hybridized carbons (Fsp3) is 0.923. The van der Waals surface area contributed by atoms with Crippen molar-refractivity contribution in [1.82, 2.24) is 10.2 Å². The van der Waals surface area contributed by atoms with E-state index in [1.807, 2.05) is 0 Å². The van der Waals surface area contributed by atoms with Gasteiger partial charge in [0, 0.05) is 0 Å². The standard InChI is InChI=1S/C13H26F2N2O2/c1-5-19-12(18)13(2,16-3)8-6-7-9-17(4)10-11(14)15/h11,16H,5-10H2,1-4H3. The SMILES string of the molecule is CCOC(=O)C(C)(CCCCN(C)CC(F)F)NC. The van der Waals surface area contributed by atoms with Crippen LogP contribution in [0.3, 0.4) is 0 Å². The van der Waals surface area contributed by atoms with Crippen molar-refractivity contribution in [3.63, 3.8) is 0 Å². The lowest BCUT2D eigenvalue weighted by molar-refractivity contribution is -0.150. The number of alkyl halides is 2. The minimum absolute atomic E-state index is 0.207. The van der Waals surface area contributed by atoms with Gasteiger partial charge in [-0.15, -0.1) is 0 Å². The molecule has 0 aliphatic heterocycles. The maximum absolute atomic E-state index is 12.1. The summed E-state index contributed by atoms with van der Waals surface area (Å²) in [6.07, 6.45) is -0.110. The number of rotatable bonds is 10. The summed E-state index contributed by atoms with van der Waals surface area (Å²) in [4.78, 5) is 13.4. The predicted molar refractivity (Wildman–Crippen MR) is 71.4 cm³/mol. The summed E-state index contributed by atoms with van der Waals surface area (Å²) < 4.78 is 29.2. The van der Waals surface area contributed by atoms with Crippen LogP contribution >= 0.6 is 0 Å². The van der Waals surface area contributed by atoms with E-state index in [4.69, 9.17) is 4.74 Å². The molecule has 1 N–H and O–H groups in total. The third-order valence-electron chi connectivity index (χ3n) is 3.19. The van der Waals surface area contributed by atoms with Gasteiger partial charge in [-0.1, -0.05) is 0 Å². The van der Waals surface area contributed by atoms with E-state index in [0.29, 0.717) is 19.6 Å². The predicted octanol–water partition coefficient (Wildman–Crippen LogP) is 1.89. The molecule has 1 unspecified atom stereocenters. The first-order valence-corrected chi connectivity index (χ1v) is 6.68. The lowest BCUT2D eigenvalue weighted by Gasteiger charge is -2.27. The fourth-order valence-corrected chi connectivity index (χ4v) is 1.81. The lowest BCUT2D eigenvalue weighted by atomic mass is 9.95. The molecule has 0 aliphatic carbocycles. The van der Waals surface area contributed by atoms with Gasteiger partial charge in [0.15, 0.2) is 0 Å². The topological polar surface area (TPSA) is 41.6 Å². The van der Waals surface area contributed by atoms with Crippen LogP contribution in [0, 0.1) is 0 Å². The van der Waals surface area contributed by atoms with Gasteiger partial charge in [0.1, 0.15) is 5.54 Å². The Labute approximate surface area is 114 Å². The van der Waals surface area contributed by atoms with Crippen molar-refractivity contribution in [3.8, 4) is 0 Å². The van der Waals surface area contributed by atoms with Crippen molar-refractivity contribution >= 4 is 5.97 Å². The quantitative estimate of drug-likeness (QED) is 0.490. The zero-order valence-electron chi connectivity index (χ0n) is 12.3. The number of ether oxygens (including phenoxy) is 1. The highest BCUT2D eigenvalue weighted by Gasteiger charge is 2.32. The van der Waals surface area contributed by atoms with Gasteiger partial charge in [0.2, 0.25) is 0 Å². The maximum atomic E-state index is 12.1. The largest absolute Gasteiger partial charge is 0.465 e. The first-order chi connectivity index (χ1) is 8.85. The van der Waals surface area contributed by atoms with Crippen LogP contribution < -0.4 is 5.32 Å². The van der Waals surface area contributed by atoms with Crippen LogP contribution in [0.4, 0.5) is 8.78 Å². The van der Waals surface area contributed by atoms with Crippen molar-refractivity contribution in [2.45, 2.75) is 45.1 Å². The molecule has 0 rings (SSSR count). The molecule has 0 saturated carbocycles. The summed E-state index contributed by atoms with van der Waals surface area (Å²) in [5.41, 5.74) is -0.697. The van der Waals surface area contributed by atoms with E-state index in [2.05, 4.69) is 5.32 Å². The number of nitrogens with one attached hydrogen (secondary N) is 1. The maximum Gasteiger partial charge on any atom is 0.326 e. The number of esters is 1. The molecular formula is C13H26F2N2O2. The Balaban J connectivity index is 3.98. The molecule has 0 saturated heterocycles. The smallest absolute Gasteiger partial charge is 0.326 e. The Bertz CT molecular complexity index is 265. The first kappa shape index (κ1) is 18.2. The van der Waals surface area contributed by atoms with Crippen molar-refractivity contribution < 1.29 is 18.3 Å². The Morgan fingerprint density at radius 1 is 1.42 bits per heavy atom. The summed E-state index contributed by atoms with van der Waals surface area (Å²) in [5, 5.41) is 2.98. The number of nitrogens with zero attached hydrogens (tertiary/aromatic N) is 1. The number of halogens is 2. The summed E-state index contributed by atoms with van der Waals surface area (Å²) in [6, 6.07) is 0. The summed E-state index contributed by atoms with van der Waals surface area (Å²) in [5.74, 6) is -0.265. The monoisotopic (exact) mass is 280 g/mol. The second-order valence-electron chi connectivity index (χ2n) is 4.91. The molecule has 0 aromatic rings. The zero-order valence-corrected chi connectivity index (χ0v) is 12.3. The van der Waals surface area contributed by atoms with E-state index >= 15 is 0 Å². The Morgan fingerprint density at radius 3 is 2.53 bits per heavy atom. The highest BCUT2D eigenvalue weighted by molar-refractivity contribution is 5.80. The molecule has 0 heterocycles. The number of carbonyl (C=O) groups is 1. The van der Waals surface area contributed by atoms with E-state index in [0.717, 1.165) is 12.8 Å². The highest BCUT2D eigenvalue weighted by atomic mass is 19.3. The number of hydrogen-bond acceptors (Lipinski definition) is 4. The molecule has 6 heteroatoms. The molecule has 0 amide bonds. The van der Waals surface area contributed by atoms with E-state index < -0.39 is 12.0 Å². The van der Waals surface area contributed by atoms with Crippen LogP contribution in [-0.2, 0) is 9.53 Å². The Morgan fingerprint density at radius 2 is 2.05 bits per heavy atom. The molecule has 0 aliphatic rings. The molecule has 0 bridgehead atoms. The number of likely N-dealkylation sites (N-methyl/N-ethyl adjacent to an activating group) is 1. The molecule has 0 fully saturated rings. The normalized spacial score (nSPS) is 14.7. The van der Waals surface area contributed by atoms with Crippen molar-refractivity contribution in [1.29, 1.82) is 0 Å². The third-order valence-corrected chi connectivity index (χ3v) is 3.19. The van der Waals surface area contributed by atoms with E-state index in [1.165, 1.54) is 0 Å². The molecule has 0 spiro atoms. The number of unbranched alkanes of at least 4 members (excludes halogenated alkanes) is 1. The molecule has 114 valence electrons. The summed E-state index contributed by atoms with van der Waals surface area (Å²) >= 11 is 0. The van der Waals surface area contributed by atoms with Gasteiger partial charge in [-0.3, -0.25) is 4.79 Å².